The summed E-state index contributed by atoms with van der Waals surface area (Å²) < 4.78 is 4.54. The first kappa shape index (κ1) is 27.4. The van der Waals surface area contributed by atoms with Gasteiger partial charge in [0.2, 0.25) is 0 Å². The molecule has 4 nitrogen and oxygen atoms in total. The molecule has 0 bridgehead atoms. The molecule has 9 aromatic rings. The van der Waals surface area contributed by atoms with Gasteiger partial charge in [0.1, 0.15) is 0 Å². The number of hydrogen-bond acceptors (Lipinski definition) is 2. The fourth-order valence-corrected chi connectivity index (χ4v) is 7.42. The fourth-order valence-electron chi connectivity index (χ4n) is 7.42. The third-order valence-corrected chi connectivity index (χ3v) is 9.43. The van der Waals surface area contributed by atoms with E-state index in [2.05, 4.69) is 137 Å². The monoisotopic (exact) mass is 610 g/mol. The van der Waals surface area contributed by atoms with Crippen molar-refractivity contribution in [3.8, 4) is 45.8 Å². The first-order chi connectivity index (χ1) is 23.8. The van der Waals surface area contributed by atoms with Crippen molar-refractivity contribution in [2.24, 2.45) is 0 Å². The summed E-state index contributed by atoms with van der Waals surface area (Å²) in [5.74, 6) is 0. The molecule has 0 aliphatic heterocycles. The van der Waals surface area contributed by atoms with Crippen molar-refractivity contribution in [3.63, 3.8) is 0 Å². The molecule has 0 fully saturated rings. The van der Waals surface area contributed by atoms with Crippen LogP contribution in [0.15, 0.2) is 158 Å². The largest absolute Gasteiger partial charge is 0.309 e. The predicted octanol–water partition coefficient (Wildman–Crippen LogP) is 11.0. The van der Waals surface area contributed by atoms with Gasteiger partial charge in [-0.3, -0.25) is 0 Å². The summed E-state index contributed by atoms with van der Waals surface area (Å²) in [5, 5.41) is 24.8. The van der Waals surface area contributed by atoms with Gasteiger partial charge in [-0.25, -0.2) is 0 Å². The summed E-state index contributed by atoms with van der Waals surface area (Å²) in [6.45, 7) is 0. The lowest BCUT2D eigenvalue weighted by Crippen LogP contribution is -1.99. The van der Waals surface area contributed by atoms with Crippen LogP contribution >= 0.6 is 0 Å². The second kappa shape index (κ2) is 10.9. The van der Waals surface area contributed by atoms with E-state index in [1.54, 1.807) is 0 Å². The van der Waals surface area contributed by atoms with Crippen molar-refractivity contribution in [1.29, 1.82) is 10.5 Å². The molecule has 0 amide bonds. The van der Waals surface area contributed by atoms with Crippen LogP contribution in [0.4, 0.5) is 0 Å². The Morgan fingerprint density at radius 3 is 1.60 bits per heavy atom. The quantitative estimate of drug-likeness (QED) is 0.199. The predicted molar refractivity (Wildman–Crippen MR) is 195 cm³/mol. The highest BCUT2D eigenvalue weighted by Crippen LogP contribution is 2.42. The van der Waals surface area contributed by atoms with Crippen LogP contribution in [0.1, 0.15) is 11.1 Å². The molecule has 2 heterocycles. The Morgan fingerprint density at radius 2 is 0.917 bits per heavy atom. The molecule has 48 heavy (non-hydrogen) atoms. The molecule has 0 spiro atoms. The van der Waals surface area contributed by atoms with E-state index in [1.807, 2.05) is 42.5 Å². The topological polar surface area (TPSA) is 57.4 Å². The Labute approximate surface area is 277 Å². The molecule has 0 aliphatic carbocycles. The van der Waals surface area contributed by atoms with Gasteiger partial charge in [0.15, 0.2) is 0 Å². The molecule has 4 heteroatoms. The molecule has 0 saturated carbocycles. The second-order valence-electron chi connectivity index (χ2n) is 11.9. The summed E-state index contributed by atoms with van der Waals surface area (Å²) in [5.41, 5.74) is 11.5. The zero-order valence-corrected chi connectivity index (χ0v) is 25.8. The van der Waals surface area contributed by atoms with Crippen LogP contribution in [-0.4, -0.2) is 9.13 Å². The maximum atomic E-state index is 10.4. The number of nitriles is 2. The van der Waals surface area contributed by atoms with Gasteiger partial charge in [0.25, 0.3) is 0 Å². The molecule has 0 aliphatic rings. The van der Waals surface area contributed by atoms with Gasteiger partial charge in [-0.15, -0.1) is 0 Å². The third kappa shape index (κ3) is 4.01. The Morgan fingerprint density at radius 1 is 0.396 bits per heavy atom. The van der Waals surface area contributed by atoms with Crippen LogP contribution in [0.3, 0.4) is 0 Å². The van der Waals surface area contributed by atoms with E-state index in [1.165, 1.54) is 10.8 Å². The maximum absolute atomic E-state index is 10.4. The summed E-state index contributed by atoms with van der Waals surface area (Å²) in [7, 11) is 0. The molecular weight excluding hydrogens is 585 g/mol. The Balaban J connectivity index is 1.25. The van der Waals surface area contributed by atoms with Crippen molar-refractivity contribution in [2.75, 3.05) is 0 Å². The zero-order valence-electron chi connectivity index (χ0n) is 25.8. The van der Waals surface area contributed by atoms with Gasteiger partial charge in [-0.05, 0) is 65.7 Å². The molecule has 0 radical (unpaired) electrons. The highest BCUT2D eigenvalue weighted by molar-refractivity contribution is 6.12. The third-order valence-electron chi connectivity index (χ3n) is 9.43. The van der Waals surface area contributed by atoms with Crippen LogP contribution in [0.25, 0.3) is 77.2 Å². The van der Waals surface area contributed by atoms with Crippen LogP contribution in [0.2, 0.25) is 0 Å². The summed E-state index contributed by atoms with van der Waals surface area (Å²) in [4.78, 5) is 0. The minimum absolute atomic E-state index is 0.622. The van der Waals surface area contributed by atoms with Crippen LogP contribution in [0.5, 0.6) is 0 Å². The first-order valence-corrected chi connectivity index (χ1v) is 15.9. The lowest BCUT2D eigenvalue weighted by Gasteiger charge is -2.18. The molecule has 0 N–H and O–H groups in total. The summed E-state index contributed by atoms with van der Waals surface area (Å²) in [6.07, 6.45) is 0. The van der Waals surface area contributed by atoms with Gasteiger partial charge in [0, 0.05) is 38.4 Å². The number of rotatable bonds is 4. The van der Waals surface area contributed by atoms with Crippen LogP contribution < -0.4 is 0 Å². The molecule has 0 atom stereocenters. The molecular formula is C44H26N4. The fraction of sp³-hybridized carbons (Fsp3) is 0. The molecule has 9 rings (SSSR count). The van der Waals surface area contributed by atoms with Gasteiger partial charge < -0.3 is 9.13 Å². The Kier molecular flexibility index (Phi) is 6.22. The summed E-state index contributed by atoms with van der Waals surface area (Å²) >= 11 is 0. The Hall–Kier alpha value is -6.88. The highest BCUT2D eigenvalue weighted by atomic mass is 15.0. The van der Waals surface area contributed by atoms with Gasteiger partial charge in [0.05, 0.1) is 51.0 Å². The minimum atomic E-state index is 0.622. The smallest absolute Gasteiger partial charge is 0.0998 e. The van der Waals surface area contributed by atoms with E-state index in [0.717, 1.165) is 66.5 Å². The first-order valence-electron chi connectivity index (χ1n) is 15.9. The molecule has 7 aromatic carbocycles. The molecule has 0 saturated heterocycles. The summed E-state index contributed by atoms with van der Waals surface area (Å²) in [6, 6.07) is 58.9. The average molecular weight is 611 g/mol. The molecule has 2 aromatic heterocycles. The number of fused-ring (bicyclic) bond motifs is 6. The van der Waals surface area contributed by atoms with Gasteiger partial charge in [-0.1, -0.05) is 103 Å². The lowest BCUT2D eigenvalue weighted by atomic mass is 9.89. The van der Waals surface area contributed by atoms with Crippen molar-refractivity contribution < 1.29 is 0 Å². The van der Waals surface area contributed by atoms with E-state index in [-0.39, 0.29) is 0 Å². The molecule has 0 unspecified atom stereocenters. The number of nitrogens with zero attached hydrogens (tertiary/aromatic N) is 4. The number of para-hydroxylation sites is 4. The van der Waals surface area contributed by atoms with E-state index in [9.17, 15) is 10.5 Å². The van der Waals surface area contributed by atoms with Crippen molar-refractivity contribution in [2.45, 2.75) is 0 Å². The van der Waals surface area contributed by atoms with Crippen molar-refractivity contribution >= 4 is 43.6 Å². The number of benzene rings is 7. The van der Waals surface area contributed by atoms with Crippen LogP contribution in [-0.2, 0) is 0 Å². The minimum Gasteiger partial charge on any atom is -0.309 e. The van der Waals surface area contributed by atoms with E-state index >= 15 is 0 Å². The van der Waals surface area contributed by atoms with Crippen LogP contribution in [0, 0.1) is 22.7 Å². The zero-order chi connectivity index (χ0) is 32.2. The second-order valence-corrected chi connectivity index (χ2v) is 11.9. The average Bonchev–Trinajstić information content (AvgIpc) is 3.68. The molecule has 222 valence electrons. The SMILES string of the molecule is N#Cc1cccc(-c2ccc(-n3c4ccccc4c4c(C#N)cccc43)cc2)c1-c1ccccc1-n1c2ccccc2c2ccccc21. The lowest BCUT2D eigenvalue weighted by molar-refractivity contribution is 1.18. The van der Waals surface area contributed by atoms with Crippen molar-refractivity contribution in [1.82, 2.24) is 9.13 Å². The standard InChI is InChI=1S/C44H26N4/c45-27-30-11-9-17-33(29-23-25-32(26-24-29)47-40-20-7-4-16-37(40)44-31(28-46)12-10-22-42(44)47)43(30)36-15-3-8-21-41(36)48-38-18-5-1-13-34(38)35-14-2-6-19-39(35)48/h1-26H. The normalized spacial score (nSPS) is 11.3. The highest BCUT2D eigenvalue weighted by Gasteiger charge is 2.20. The number of aromatic nitrogens is 2. The van der Waals surface area contributed by atoms with E-state index < -0.39 is 0 Å². The van der Waals surface area contributed by atoms with E-state index in [0.29, 0.717) is 11.1 Å². The Bertz CT molecular complexity index is 2750. The van der Waals surface area contributed by atoms with Crippen molar-refractivity contribution in [3.05, 3.63) is 169 Å². The van der Waals surface area contributed by atoms with Gasteiger partial charge in [-0.2, -0.15) is 10.5 Å². The van der Waals surface area contributed by atoms with Gasteiger partial charge >= 0.3 is 0 Å². The number of hydrogen-bond donors (Lipinski definition) is 0. The maximum Gasteiger partial charge on any atom is 0.0998 e. The van der Waals surface area contributed by atoms with E-state index in [4.69, 9.17) is 0 Å².